The van der Waals surface area contributed by atoms with E-state index in [-0.39, 0.29) is 17.9 Å². The first-order valence-electron chi connectivity index (χ1n) is 12.0. The number of aromatic nitrogens is 2. The van der Waals surface area contributed by atoms with Gasteiger partial charge >= 0.3 is 0 Å². The summed E-state index contributed by atoms with van der Waals surface area (Å²) in [4.78, 5) is 27.9. The van der Waals surface area contributed by atoms with Gasteiger partial charge < -0.3 is 26.3 Å². The van der Waals surface area contributed by atoms with Crippen LogP contribution < -0.4 is 20.9 Å². The third kappa shape index (κ3) is 5.61. The van der Waals surface area contributed by atoms with Crippen molar-refractivity contribution in [1.29, 1.82) is 5.41 Å². The van der Waals surface area contributed by atoms with Crippen molar-refractivity contribution in [2.75, 3.05) is 67.6 Å². The third-order valence-electron chi connectivity index (χ3n) is 6.47. The maximum absolute atomic E-state index is 12.6. The van der Waals surface area contributed by atoms with Crippen molar-refractivity contribution in [2.45, 2.75) is 25.7 Å². The number of carbonyl (C=O) groups excluding carboxylic acids is 1. The van der Waals surface area contributed by atoms with Gasteiger partial charge in [-0.05, 0) is 37.1 Å². The summed E-state index contributed by atoms with van der Waals surface area (Å²) in [7, 11) is 0. The van der Waals surface area contributed by atoms with Gasteiger partial charge in [-0.25, -0.2) is 9.37 Å². The van der Waals surface area contributed by atoms with E-state index in [9.17, 15) is 9.18 Å². The molecule has 1 aromatic carbocycles. The maximum atomic E-state index is 12.6. The van der Waals surface area contributed by atoms with Crippen LogP contribution in [-0.4, -0.2) is 79.5 Å². The molecule has 2 aliphatic heterocycles. The van der Waals surface area contributed by atoms with E-state index >= 15 is 0 Å². The number of rotatable bonds is 8. The van der Waals surface area contributed by atoms with Crippen molar-refractivity contribution in [2.24, 2.45) is 5.73 Å². The van der Waals surface area contributed by atoms with Crippen molar-refractivity contribution in [3.8, 4) is 0 Å². The highest BCUT2D eigenvalue weighted by Crippen LogP contribution is 2.26. The van der Waals surface area contributed by atoms with Gasteiger partial charge in [0.2, 0.25) is 5.95 Å². The summed E-state index contributed by atoms with van der Waals surface area (Å²) in [6, 6.07) is 7.91. The number of nitrogens with two attached hydrogens (primary N) is 1. The lowest BCUT2D eigenvalue weighted by molar-refractivity contribution is 0.100. The third-order valence-corrected chi connectivity index (χ3v) is 6.47. The van der Waals surface area contributed by atoms with Crippen LogP contribution in [0, 0.1) is 5.41 Å². The summed E-state index contributed by atoms with van der Waals surface area (Å²) in [5, 5.41) is 11.0. The van der Waals surface area contributed by atoms with E-state index in [1.807, 2.05) is 24.3 Å². The van der Waals surface area contributed by atoms with Gasteiger partial charge in [-0.15, -0.1) is 0 Å². The highest BCUT2D eigenvalue weighted by Gasteiger charge is 2.22. The first-order valence-corrected chi connectivity index (χ1v) is 12.0. The monoisotopic (exact) mass is 468 g/mol. The standard InChI is InChI=1S/C24H33FN8O/c25-9-12-31-13-15-32(16-14-31)19-7-5-18(6-8-19)28-23-21(22(27)34)20(17-26)29-24(30-23)33-10-3-1-2-4-11-33/h5-8,17,26H,1-4,9-16H2,(H2,27,34)(H,28,29,30). The first kappa shape index (κ1) is 23.9. The fourth-order valence-electron chi connectivity index (χ4n) is 4.56. The van der Waals surface area contributed by atoms with Crippen LogP contribution in [0.4, 0.5) is 27.5 Å². The van der Waals surface area contributed by atoms with Gasteiger partial charge in [0.1, 0.15) is 23.7 Å². The average Bonchev–Trinajstić information content (AvgIpc) is 3.14. The molecular weight excluding hydrogens is 435 g/mol. The van der Waals surface area contributed by atoms with E-state index in [1.165, 1.54) is 12.8 Å². The van der Waals surface area contributed by atoms with Crippen LogP contribution in [0.5, 0.6) is 0 Å². The van der Waals surface area contributed by atoms with Gasteiger partial charge in [-0.3, -0.25) is 9.69 Å². The average molecular weight is 469 g/mol. The second-order valence-electron chi connectivity index (χ2n) is 8.73. The molecule has 0 spiro atoms. The van der Waals surface area contributed by atoms with Crippen molar-refractivity contribution in [3.63, 3.8) is 0 Å². The molecule has 2 saturated heterocycles. The molecule has 0 aliphatic carbocycles. The largest absolute Gasteiger partial charge is 0.369 e. The molecule has 9 nitrogen and oxygen atoms in total. The number of nitrogens with one attached hydrogen (secondary N) is 2. The van der Waals surface area contributed by atoms with Crippen LogP contribution in [0.1, 0.15) is 41.7 Å². The molecule has 182 valence electrons. The molecule has 2 aromatic rings. The molecule has 10 heteroatoms. The van der Waals surface area contributed by atoms with E-state index in [0.717, 1.165) is 69.7 Å². The Kier molecular flexibility index (Phi) is 7.89. The lowest BCUT2D eigenvalue weighted by atomic mass is 10.2. The van der Waals surface area contributed by atoms with E-state index in [4.69, 9.17) is 11.1 Å². The zero-order valence-corrected chi connectivity index (χ0v) is 19.5. The highest BCUT2D eigenvalue weighted by atomic mass is 19.1. The second kappa shape index (κ2) is 11.2. The Bertz CT molecular complexity index is 983. The number of hydrogen-bond donors (Lipinski definition) is 3. The molecule has 0 bridgehead atoms. The van der Waals surface area contributed by atoms with Crippen molar-refractivity contribution >= 4 is 35.3 Å². The normalized spacial score (nSPS) is 17.3. The van der Waals surface area contributed by atoms with Crippen molar-refractivity contribution < 1.29 is 9.18 Å². The summed E-state index contributed by atoms with van der Waals surface area (Å²) < 4.78 is 12.6. The Morgan fingerprint density at radius 2 is 1.68 bits per heavy atom. The van der Waals surface area contributed by atoms with Gasteiger partial charge in [-0.2, -0.15) is 4.98 Å². The van der Waals surface area contributed by atoms with Crippen LogP contribution in [-0.2, 0) is 0 Å². The number of piperazine rings is 1. The lowest BCUT2D eigenvalue weighted by Crippen LogP contribution is -2.47. The highest BCUT2D eigenvalue weighted by molar-refractivity contribution is 6.04. The Labute approximate surface area is 199 Å². The van der Waals surface area contributed by atoms with E-state index in [1.54, 1.807) is 0 Å². The molecule has 34 heavy (non-hydrogen) atoms. The van der Waals surface area contributed by atoms with Gasteiger partial charge in [-0.1, -0.05) is 12.8 Å². The topological polar surface area (TPSA) is 114 Å². The predicted molar refractivity (Wildman–Crippen MR) is 133 cm³/mol. The number of halogens is 1. The molecule has 3 heterocycles. The molecule has 2 aliphatic rings. The zero-order valence-electron chi connectivity index (χ0n) is 19.5. The number of hydrogen-bond acceptors (Lipinski definition) is 8. The van der Waals surface area contributed by atoms with Crippen molar-refractivity contribution in [1.82, 2.24) is 14.9 Å². The predicted octanol–water partition coefficient (Wildman–Crippen LogP) is 2.79. The molecule has 0 radical (unpaired) electrons. The van der Waals surface area contributed by atoms with Gasteiger partial charge in [0.05, 0.1) is 0 Å². The smallest absolute Gasteiger partial charge is 0.254 e. The summed E-state index contributed by atoms with van der Waals surface area (Å²) in [6.45, 7) is 5.28. The molecule has 2 fully saturated rings. The van der Waals surface area contributed by atoms with E-state index < -0.39 is 5.91 Å². The van der Waals surface area contributed by atoms with Crippen LogP contribution in [0.2, 0.25) is 0 Å². The fourth-order valence-corrected chi connectivity index (χ4v) is 4.56. The van der Waals surface area contributed by atoms with Gasteiger partial charge in [0, 0.05) is 63.4 Å². The summed E-state index contributed by atoms with van der Waals surface area (Å²) in [5.74, 6) is 0.148. The molecule has 4 rings (SSSR count). The van der Waals surface area contributed by atoms with Crippen LogP contribution in [0.3, 0.4) is 0 Å². The van der Waals surface area contributed by atoms with Crippen LogP contribution in [0.15, 0.2) is 24.3 Å². The molecule has 4 N–H and O–H groups in total. The lowest BCUT2D eigenvalue weighted by Gasteiger charge is -2.35. The zero-order chi connectivity index (χ0) is 23.9. The number of carbonyl (C=O) groups is 1. The van der Waals surface area contributed by atoms with Crippen LogP contribution >= 0.6 is 0 Å². The van der Waals surface area contributed by atoms with E-state index in [2.05, 4.69) is 30.0 Å². The Balaban J connectivity index is 1.54. The summed E-state index contributed by atoms with van der Waals surface area (Å²) in [6.07, 6.45) is 5.53. The number of primary amides is 1. The quantitative estimate of drug-likeness (QED) is 0.511. The first-order chi connectivity index (χ1) is 16.6. The van der Waals surface area contributed by atoms with Gasteiger partial charge in [0.15, 0.2) is 0 Å². The number of amides is 1. The van der Waals surface area contributed by atoms with Crippen LogP contribution in [0.25, 0.3) is 0 Å². The Morgan fingerprint density at radius 1 is 1.00 bits per heavy atom. The number of benzene rings is 1. The Hall–Kier alpha value is -3.27. The number of nitrogens with zero attached hydrogens (tertiary/aromatic N) is 5. The summed E-state index contributed by atoms with van der Waals surface area (Å²) >= 11 is 0. The van der Waals surface area contributed by atoms with Crippen molar-refractivity contribution in [3.05, 3.63) is 35.5 Å². The number of anilines is 4. The minimum Gasteiger partial charge on any atom is -0.369 e. The molecule has 0 atom stereocenters. The molecule has 0 unspecified atom stereocenters. The molecule has 0 saturated carbocycles. The Morgan fingerprint density at radius 3 is 2.26 bits per heavy atom. The minimum absolute atomic E-state index is 0.113. The van der Waals surface area contributed by atoms with E-state index in [0.29, 0.717) is 18.3 Å². The molecule has 1 amide bonds. The minimum atomic E-state index is -0.675. The second-order valence-corrected chi connectivity index (χ2v) is 8.73. The fraction of sp³-hybridized carbons (Fsp3) is 0.500. The SMILES string of the molecule is N=Cc1nc(N2CCCCCC2)nc(Nc2ccc(N3CCN(CCF)CC3)cc2)c1C(N)=O. The molecule has 1 aromatic heterocycles. The number of alkyl halides is 1. The maximum Gasteiger partial charge on any atom is 0.254 e. The van der Waals surface area contributed by atoms with Gasteiger partial charge in [0.25, 0.3) is 5.91 Å². The molecular formula is C24H33FN8O. The summed E-state index contributed by atoms with van der Waals surface area (Å²) in [5.41, 5.74) is 7.82.